The number of anilines is 1. The molecule has 0 aromatic heterocycles. The molecule has 7 nitrogen and oxygen atoms in total. The van der Waals surface area contributed by atoms with E-state index in [-0.39, 0.29) is 17.3 Å². The standard InChI is InChI=1S/C28H31Cl2N3O4S/c1-5-31-28(35)21(4)32(17-22-14-15-24(29)25(30)16-22)27(34)18-33(26-13-9-10-19(2)20(26)3)38(36,37)23-11-7-6-8-12-23/h6-16,21H,5,17-18H2,1-4H3,(H,31,35). The maximum atomic E-state index is 13.9. The third kappa shape index (κ3) is 6.67. The highest BCUT2D eigenvalue weighted by molar-refractivity contribution is 7.92. The Morgan fingerprint density at radius 3 is 2.26 bits per heavy atom. The van der Waals surface area contributed by atoms with Crippen LogP contribution in [-0.2, 0) is 26.2 Å². The molecule has 202 valence electrons. The normalized spacial score (nSPS) is 12.1. The average Bonchev–Trinajstić information content (AvgIpc) is 2.89. The SMILES string of the molecule is CCNC(=O)C(C)N(Cc1ccc(Cl)c(Cl)c1)C(=O)CN(c1cccc(C)c1C)S(=O)(=O)c1ccccc1. The van der Waals surface area contributed by atoms with Crippen molar-refractivity contribution in [3.63, 3.8) is 0 Å². The van der Waals surface area contributed by atoms with E-state index >= 15 is 0 Å². The first-order valence-electron chi connectivity index (χ1n) is 12.1. The van der Waals surface area contributed by atoms with Gasteiger partial charge in [0.1, 0.15) is 12.6 Å². The summed E-state index contributed by atoms with van der Waals surface area (Å²) in [7, 11) is -4.12. The lowest BCUT2D eigenvalue weighted by Gasteiger charge is -2.32. The molecule has 0 radical (unpaired) electrons. The van der Waals surface area contributed by atoms with Gasteiger partial charge in [0.25, 0.3) is 10.0 Å². The number of halogens is 2. The van der Waals surface area contributed by atoms with E-state index in [1.165, 1.54) is 17.0 Å². The van der Waals surface area contributed by atoms with E-state index in [2.05, 4.69) is 5.32 Å². The Labute approximate surface area is 234 Å². The summed E-state index contributed by atoms with van der Waals surface area (Å²) in [6.07, 6.45) is 0. The lowest BCUT2D eigenvalue weighted by atomic mass is 10.1. The van der Waals surface area contributed by atoms with Crippen molar-refractivity contribution in [1.82, 2.24) is 10.2 Å². The molecule has 0 bridgehead atoms. The molecule has 38 heavy (non-hydrogen) atoms. The molecule has 0 aliphatic rings. The number of nitrogens with zero attached hydrogens (tertiary/aromatic N) is 2. The van der Waals surface area contributed by atoms with Crippen molar-refractivity contribution >= 4 is 50.7 Å². The summed E-state index contributed by atoms with van der Waals surface area (Å²) in [5.74, 6) is -0.902. The molecule has 1 unspecified atom stereocenters. The number of sulfonamides is 1. The quantitative estimate of drug-likeness (QED) is 0.352. The third-order valence-electron chi connectivity index (χ3n) is 6.31. The van der Waals surface area contributed by atoms with Crippen LogP contribution in [-0.4, -0.2) is 44.3 Å². The predicted octanol–water partition coefficient (Wildman–Crippen LogP) is 5.36. The fourth-order valence-electron chi connectivity index (χ4n) is 3.98. The highest BCUT2D eigenvalue weighted by Crippen LogP contribution is 2.29. The Kier molecular flexibility index (Phi) is 9.82. The van der Waals surface area contributed by atoms with Crippen LogP contribution in [0, 0.1) is 13.8 Å². The van der Waals surface area contributed by atoms with E-state index in [1.807, 2.05) is 19.9 Å². The molecule has 3 aromatic rings. The smallest absolute Gasteiger partial charge is 0.264 e. The maximum Gasteiger partial charge on any atom is 0.264 e. The van der Waals surface area contributed by atoms with Crippen LogP contribution in [0.15, 0.2) is 71.6 Å². The van der Waals surface area contributed by atoms with Crippen molar-refractivity contribution in [2.75, 3.05) is 17.4 Å². The van der Waals surface area contributed by atoms with Crippen LogP contribution in [0.3, 0.4) is 0 Å². The van der Waals surface area contributed by atoms with E-state index in [0.29, 0.717) is 27.8 Å². The second kappa shape index (κ2) is 12.7. The first-order chi connectivity index (χ1) is 18.0. The number of benzene rings is 3. The topological polar surface area (TPSA) is 86.8 Å². The molecule has 1 atom stereocenters. The highest BCUT2D eigenvalue weighted by Gasteiger charge is 2.33. The second-order valence-electron chi connectivity index (χ2n) is 8.88. The fourth-order valence-corrected chi connectivity index (χ4v) is 5.79. The Balaban J connectivity index is 2.07. The van der Waals surface area contributed by atoms with Gasteiger partial charge in [-0.25, -0.2) is 8.42 Å². The molecule has 10 heteroatoms. The van der Waals surface area contributed by atoms with Crippen LogP contribution in [0.4, 0.5) is 5.69 Å². The number of amides is 2. The zero-order valence-electron chi connectivity index (χ0n) is 21.7. The molecule has 0 saturated heterocycles. The molecular weight excluding hydrogens is 545 g/mol. The van der Waals surface area contributed by atoms with Gasteiger partial charge >= 0.3 is 0 Å². The molecule has 3 aromatic carbocycles. The van der Waals surface area contributed by atoms with Crippen LogP contribution < -0.4 is 9.62 Å². The lowest BCUT2D eigenvalue weighted by Crippen LogP contribution is -2.51. The number of likely N-dealkylation sites (N-methyl/N-ethyl adjacent to an activating group) is 1. The first-order valence-corrected chi connectivity index (χ1v) is 14.3. The molecule has 0 aliphatic heterocycles. The van der Waals surface area contributed by atoms with Gasteiger partial charge in [-0.3, -0.25) is 13.9 Å². The number of rotatable bonds is 10. The van der Waals surface area contributed by atoms with Crippen molar-refractivity contribution in [2.45, 2.75) is 45.2 Å². The molecule has 0 heterocycles. The maximum absolute atomic E-state index is 13.9. The van der Waals surface area contributed by atoms with E-state index in [1.54, 1.807) is 62.4 Å². The number of nitrogens with one attached hydrogen (secondary N) is 1. The van der Waals surface area contributed by atoms with Gasteiger partial charge in [0.05, 0.1) is 20.6 Å². The summed E-state index contributed by atoms with van der Waals surface area (Å²) in [5, 5.41) is 3.40. The molecular formula is C28H31Cl2N3O4S. The largest absolute Gasteiger partial charge is 0.355 e. The van der Waals surface area contributed by atoms with Gasteiger partial charge in [0.15, 0.2) is 0 Å². The highest BCUT2D eigenvalue weighted by atomic mass is 35.5. The molecule has 2 amide bonds. The van der Waals surface area contributed by atoms with Gasteiger partial charge in [0.2, 0.25) is 11.8 Å². The number of hydrogen-bond donors (Lipinski definition) is 1. The molecule has 1 N–H and O–H groups in total. The van der Waals surface area contributed by atoms with Crippen molar-refractivity contribution in [3.05, 3.63) is 93.5 Å². The van der Waals surface area contributed by atoms with Crippen molar-refractivity contribution < 1.29 is 18.0 Å². The minimum atomic E-state index is -4.12. The van der Waals surface area contributed by atoms with E-state index in [4.69, 9.17) is 23.2 Å². The van der Waals surface area contributed by atoms with E-state index in [0.717, 1.165) is 15.4 Å². The molecule has 0 aliphatic carbocycles. The minimum absolute atomic E-state index is 0.0278. The van der Waals surface area contributed by atoms with Gasteiger partial charge in [-0.2, -0.15) is 0 Å². The number of hydrogen-bond acceptors (Lipinski definition) is 4. The summed E-state index contributed by atoms with van der Waals surface area (Å²) >= 11 is 12.2. The Bertz CT molecular complexity index is 1410. The lowest BCUT2D eigenvalue weighted by molar-refractivity contribution is -0.139. The van der Waals surface area contributed by atoms with Crippen LogP contribution in [0.25, 0.3) is 0 Å². The van der Waals surface area contributed by atoms with Crippen molar-refractivity contribution in [3.8, 4) is 0 Å². The van der Waals surface area contributed by atoms with E-state index < -0.39 is 28.5 Å². The summed E-state index contributed by atoms with van der Waals surface area (Å²) in [4.78, 5) is 28.1. The minimum Gasteiger partial charge on any atom is -0.355 e. The zero-order chi connectivity index (χ0) is 28.0. The van der Waals surface area contributed by atoms with Crippen molar-refractivity contribution in [1.29, 1.82) is 0 Å². The number of carbonyl (C=O) groups excluding carboxylic acids is 2. The van der Waals surface area contributed by atoms with Crippen LogP contribution >= 0.6 is 23.2 Å². The summed E-state index contributed by atoms with van der Waals surface area (Å²) in [6.45, 7) is 6.98. The fraction of sp³-hybridized carbons (Fsp3) is 0.286. The first kappa shape index (κ1) is 29.5. The Hall–Kier alpha value is -3.07. The molecule has 0 saturated carbocycles. The van der Waals surface area contributed by atoms with E-state index in [9.17, 15) is 18.0 Å². The zero-order valence-corrected chi connectivity index (χ0v) is 24.1. The van der Waals surface area contributed by atoms with Crippen molar-refractivity contribution in [2.24, 2.45) is 0 Å². The molecule has 0 spiro atoms. The predicted molar refractivity (Wildman–Crippen MR) is 152 cm³/mol. The number of carbonyl (C=O) groups is 2. The van der Waals surface area contributed by atoms with Crippen LogP contribution in [0.1, 0.15) is 30.5 Å². The second-order valence-corrected chi connectivity index (χ2v) is 11.6. The third-order valence-corrected chi connectivity index (χ3v) is 8.82. The van der Waals surface area contributed by atoms with Gasteiger partial charge in [-0.1, -0.05) is 59.6 Å². The van der Waals surface area contributed by atoms with Gasteiger partial charge < -0.3 is 10.2 Å². The Morgan fingerprint density at radius 2 is 1.63 bits per heavy atom. The van der Waals surface area contributed by atoms with Crippen LogP contribution in [0.5, 0.6) is 0 Å². The Morgan fingerprint density at radius 1 is 0.947 bits per heavy atom. The summed E-state index contributed by atoms with van der Waals surface area (Å²) in [6, 6.07) is 17.3. The monoisotopic (exact) mass is 575 g/mol. The van der Waals surface area contributed by atoms with Crippen LogP contribution in [0.2, 0.25) is 10.0 Å². The molecule has 3 rings (SSSR count). The average molecular weight is 577 g/mol. The van der Waals surface area contributed by atoms with Gasteiger partial charge in [0, 0.05) is 13.1 Å². The van der Waals surface area contributed by atoms with Gasteiger partial charge in [-0.15, -0.1) is 0 Å². The molecule has 0 fully saturated rings. The summed E-state index contributed by atoms with van der Waals surface area (Å²) in [5.41, 5.74) is 2.65. The van der Waals surface area contributed by atoms with Gasteiger partial charge in [-0.05, 0) is 74.7 Å². The number of aryl methyl sites for hydroxylation is 1. The summed E-state index contributed by atoms with van der Waals surface area (Å²) < 4.78 is 28.8.